The molecule has 0 spiro atoms. The van der Waals surface area contributed by atoms with Gasteiger partial charge in [0.25, 0.3) is 0 Å². The van der Waals surface area contributed by atoms with Crippen molar-refractivity contribution in [3.8, 4) is 0 Å². The molecule has 2 aliphatic rings. The SMILES string of the molecule is CCC1(C(=O)NC2CCCc3sccc32)CCNC1. The van der Waals surface area contributed by atoms with Crippen molar-refractivity contribution in [2.75, 3.05) is 13.1 Å². The molecular weight excluding hydrogens is 256 g/mol. The summed E-state index contributed by atoms with van der Waals surface area (Å²) in [5.41, 5.74) is 1.19. The number of carbonyl (C=O) groups is 1. The van der Waals surface area contributed by atoms with Gasteiger partial charge in [-0.3, -0.25) is 4.79 Å². The third-order valence-electron chi connectivity index (χ3n) is 4.76. The standard InChI is InChI=1S/C15H22N2OS/c1-2-15(7-8-16-10-15)14(18)17-12-4-3-5-13-11(12)6-9-19-13/h6,9,12,16H,2-5,7-8,10H2,1H3,(H,17,18). The van der Waals surface area contributed by atoms with Gasteiger partial charge >= 0.3 is 0 Å². The van der Waals surface area contributed by atoms with E-state index in [0.717, 1.165) is 32.4 Å². The predicted octanol–water partition coefficient (Wildman–Crippen LogP) is 2.63. The number of rotatable bonds is 3. The lowest BCUT2D eigenvalue weighted by atomic mass is 9.82. The van der Waals surface area contributed by atoms with Crippen LogP contribution in [0.4, 0.5) is 0 Å². The first-order valence-electron chi connectivity index (χ1n) is 7.33. The average molecular weight is 278 g/mol. The molecule has 2 unspecified atom stereocenters. The minimum absolute atomic E-state index is 0.173. The first kappa shape index (κ1) is 13.1. The summed E-state index contributed by atoms with van der Waals surface area (Å²) in [7, 11) is 0. The van der Waals surface area contributed by atoms with Gasteiger partial charge in [-0.1, -0.05) is 6.92 Å². The van der Waals surface area contributed by atoms with Gasteiger partial charge in [0.2, 0.25) is 5.91 Å². The summed E-state index contributed by atoms with van der Waals surface area (Å²) >= 11 is 1.83. The summed E-state index contributed by atoms with van der Waals surface area (Å²) in [4.78, 5) is 14.1. The number of aryl methyl sites for hydroxylation is 1. The van der Waals surface area contributed by atoms with Crippen molar-refractivity contribution in [2.45, 2.75) is 45.1 Å². The molecule has 1 saturated heterocycles. The zero-order valence-electron chi connectivity index (χ0n) is 11.5. The molecule has 2 heterocycles. The monoisotopic (exact) mass is 278 g/mol. The molecule has 1 amide bonds. The van der Waals surface area contributed by atoms with Crippen molar-refractivity contribution in [3.05, 3.63) is 21.9 Å². The Labute approximate surface area is 118 Å². The zero-order chi connectivity index (χ0) is 13.3. The number of hydrogen-bond acceptors (Lipinski definition) is 3. The Kier molecular flexibility index (Phi) is 3.63. The Morgan fingerprint density at radius 2 is 2.53 bits per heavy atom. The van der Waals surface area contributed by atoms with Gasteiger partial charge in [-0.25, -0.2) is 0 Å². The summed E-state index contributed by atoms with van der Waals surface area (Å²) < 4.78 is 0. The average Bonchev–Trinajstić information content (AvgIpc) is 3.08. The van der Waals surface area contributed by atoms with Crippen LogP contribution in [0.5, 0.6) is 0 Å². The molecule has 0 saturated carbocycles. The molecule has 19 heavy (non-hydrogen) atoms. The maximum atomic E-state index is 12.7. The number of fused-ring (bicyclic) bond motifs is 1. The highest BCUT2D eigenvalue weighted by Gasteiger charge is 2.40. The van der Waals surface area contributed by atoms with Crippen LogP contribution < -0.4 is 10.6 Å². The number of amides is 1. The van der Waals surface area contributed by atoms with Crippen LogP contribution in [0.1, 0.15) is 49.1 Å². The second-order valence-electron chi connectivity index (χ2n) is 5.78. The molecule has 2 atom stereocenters. The molecular formula is C15H22N2OS. The first-order chi connectivity index (χ1) is 9.25. The van der Waals surface area contributed by atoms with E-state index in [4.69, 9.17) is 0 Å². The summed E-state index contributed by atoms with van der Waals surface area (Å²) in [5.74, 6) is 0.254. The molecule has 2 N–H and O–H groups in total. The topological polar surface area (TPSA) is 41.1 Å². The van der Waals surface area contributed by atoms with Crippen LogP contribution in [0, 0.1) is 5.41 Å². The van der Waals surface area contributed by atoms with Gasteiger partial charge in [0, 0.05) is 11.4 Å². The second kappa shape index (κ2) is 5.25. The van der Waals surface area contributed by atoms with E-state index in [9.17, 15) is 4.79 Å². The van der Waals surface area contributed by atoms with Crippen LogP contribution >= 0.6 is 11.3 Å². The van der Waals surface area contributed by atoms with E-state index in [2.05, 4.69) is 29.0 Å². The summed E-state index contributed by atoms with van der Waals surface area (Å²) in [5, 5.41) is 8.81. The lowest BCUT2D eigenvalue weighted by Crippen LogP contribution is -2.44. The van der Waals surface area contributed by atoms with Crippen molar-refractivity contribution in [1.82, 2.24) is 10.6 Å². The van der Waals surface area contributed by atoms with Crippen molar-refractivity contribution in [2.24, 2.45) is 5.41 Å². The van der Waals surface area contributed by atoms with E-state index < -0.39 is 0 Å². The molecule has 0 aromatic carbocycles. The molecule has 1 aromatic heterocycles. The molecule has 3 nitrogen and oxygen atoms in total. The number of nitrogens with one attached hydrogen (secondary N) is 2. The van der Waals surface area contributed by atoms with Gasteiger partial charge < -0.3 is 10.6 Å². The van der Waals surface area contributed by atoms with Crippen LogP contribution in [-0.4, -0.2) is 19.0 Å². The Morgan fingerprint density at radius 1 is 1.63 bits per heavy atom. The number of hydrogen-bond donors (Lipinski definition) is 2. The van der Waals surface area contributed by atoms with Gasteiger partial charge in [-0.15, -0.1) is 11.3 Å². The van der Waals surface area contributed by atoms with E-state index in [-0.39, 0.29) is 17.4 Å². The molecule has 104 valence electrons. The quantitative estimate of drug-likeness (QED) is 0.892. The highest BCUT2D eigenvalue weighted by molar-refractivity contribution is 7.10. The number of thiophene rings is 1. The smallest absolute Gasteiger partial charge is 0.228 e. The predicted molar refractivity (Wildman–Crippen MR) is 78.4 cm³/mol. The van der Waals surface area contributed by atoms with E-state index in [0.29, 0.717) is 0 Å². The fourth-order valence-corrected chi connectivity index (χ4v) is 4.34. The molecule has 1 aromatic rings. The highest BCUT2D eigenvalue weighted by atomic mass is 32.1. The van der Waals surface area contributed by atoms with Crippen LogP contribution in [0.25, 0.3) is 0 Å². The molecule has 0 bridgehead atoms. The molecule has 1 aliphatic heterocycles. The van der Waals surface area contributed by atoms with Crippen LogP contribution in [-0.2, 0) is 11.2 Å². The fourth-order valence-electron chi connectivity index (χ4n) is 3.35. The third kappa shape index (κ3) is 2.32. The maximum absolute atomic E-state index is 12.7. The van der Waals surface area contributed by atoms with E-state index >= 15 is 0 Å². The van der Waals surface area contributed by atoms with E-state index in [1.165, 1.54) is 23.3 Å². The van der Waals surface area contributed by atoms with E-state index in [1.807, 2.05) is 11.3 Å². The Bertz CT molecular complexity index is 462. The Hall–Kier alpha value is -0.870. The van der Waals surface area contributed by atoms with Crippen molar-refractivity contribution < 1.29 is 4.79 Å². The number of carbonyl (C=O) groups excluding carboxylic acids is 1. The van der Waals surface area contributed by atoms with E-state index in [1.54, 1.807) is 0 Å². The summed E-state index contributed by atoms with van der Waals surface area (Å²) in [6, 6.07) is 2.43. The second-order valence-corrected chi connectivity index (χ2v) is 6.78. The molecule has 4 heteroatoms. The minimum Gasteiger partial charge on any atom is -0.349 e. The Balaban J connectivity index is 1.74. The lowest BCUT2D eigenvalue weighted by Gasteiger charge is -2.30. The lowest BCUT2D eigenvalue weighted by molar-refractivity contribution is -0.131. The molecule has 1 aliphatic carbocycles. The maximum Gasteiger partial charge on any atom is 0.228 e. The van der Waals surface area contributed by atoms with Crippen LogP contribution in [0.2, 0.25) is 0 Å². The Morgan fingerprint density at radius 3 is 3.26 bits per heavy atom. The summed E-state index contributed by atoms with van der Waals surface area (Å²) in [6.45, 7) is 3.93. The summed E-state index contributed by atoms with van der Waals surface area (Å²) in [6.07, 6.45) is 5.35. The third-order valence-corrected chi connectivity index (χ3v) is 5.76. The first-order valence-corrected chi connectivity index (χ1v) is 8.21. The van der Waals surface area contributed by atoms with Crippen LogP contribution in [0.3, 0.4) is 0 Å². The van der Waals surface area contributed by atoms with Crippen LogP contribution in [0.15, 0.2) is 11.4 Å². The van der Waals surface area contributed by atoms with Crippen molar-refractivity contribution in [1.29, 1.82) is 0 Å². The van der Waals surface area contributed by atoms with Crippen molar-refractivity contribution in [3.63, 3.8) is 0 Å². The van der Waals surface area contributed by atoms with Gasteiger partial charge in [0.05, 0.1) is 11.5 Å². The largest absolute Gasteiger partial charge is 0.349 e. The normalized spacial score (nSPS) is 30.1. The van der Waals surface area contributed by atoms with Gasteiger partial charge in [0.1, 0.15) is 0 Å². The van der Waals surface area contributed by atoms with Gasteiger partial charge in [-0.2, -0.15) is 0 Å². The highest BCUT2D eigenvalue weighted by Crippen LogP contribution is 2.35. The van der Waals surface area contributed by atoms with Gasteiger partial charge in [-0.05, 0) is 55.7 Å². The fraction of sp³-hybridized carbons (Fsp3) is 0.667. The zero-order valence-corrected chi connectivity index (χ0v) is 12.3. The molecule has 0 radical (unpaired) electrons. The molecule has 3 rings (SSSR count). The van der Waals surface area contributed by atoms with Gasteiger partial charge in [0.15, 0.2) is 0 Å². The van der Waals surface area contributed by atoms with Crippen molar-refractivity contribution >= 4 is 17.2 Å². The minimum atomic E-state index is -0.173. The molecule has 1 fully saturated rings.